The second-order valence-corrected chi connectivity index (χ2v) is 7.03. The van der Waals surface area contributed by atoms with Crippen LogP contribution in [0.4, 0.5) is 0 Å². The fourth-order valence-corrected chi connectivity index (χ4v) is 3.01. The minimum absolute atomic E-state index is 0.0275. The SMILES string of the molecule is NS(=O)(=O)c1ccc(Br)c(C(=O)N2CCOC[C@@H]2C(=O)O)c1. The first-order valence-electron chi connectivity index (χ1n) is 6.15. The fourth-order valence-electron chi connectivity index (χ4n) is 2.05. The van der Waals surface area contributed by atoms with E-state index in [4.69, 9.17) is 15.0 Å². The van der Waals surface area contributed by atoms with Crippen molar-refractivity contribution in [3.63, 3.8) is 0 Å². The van der Waals surface area contributed by atoms with Crippen molar-refractivity contribution < 1.29 is 27.9 Å². The van der Waals surface area contributed by atoms with Gasteiger partial charge < -0.3 is 14.7 Å². The first-order chi connectivity index (χ1) is 10.2. The van der Waals surface area contributed by atoms with Gasteiger partial charge in [-0.1, -0.05) is 0 Å². The normalized spacial score (nSPS) is 19.0. The molecular weight excluding hydrogens is 380 g/mol. The van der Waals surface area contributed by atoms with E-state index in [9.17, 15) is 18.0 Å². The van der Waals surface area contributed by atoms with Gasteiger partial charge in [0.1, 0.15) is 0 Å². The van der Waals surface area contributed by atoms with Gasteiger partial charge in [0.05, 0.1) is 23.7 Å². The Morgan fingerprint density at radius 3 is 2.68 bits per heavy atom. The van der Waals surface area contributed by atoms with E-state index < -0.39 is 27.9 Å². The van der Waals surface area contributed by atoms with Crippen LogP contribution in [0.15, 0.2) is 27.6 Å². The quantitative estimate of drug-likeness (QED) is 0.746. The molecule has 1 aliphatic rings. The molecule has 1 aromatic rings. The number of hydrogen-bond acceptors (Lipinski definition) is 5. The van der Waals surface area contributed by atoms with Gasteiger partial charge in [0.25, 0.3) is 5.91 Å². The van der Waals surface area contributed by atoms with Crippen LogP contribution in [0.5, 0.6) is 0 Å². The van der Waals surface area contributed by atoms with Crippen molar-refractivity contribution in [1.29, 1.82) is 0 Å². The summed E-state index contributed by atoms with van der Waals surface area (Å²) in [7, 11) is -3.97. The summed E-state index contributed by atoms with van der Waals surface area (Å²) >= 11 is 3.16. The number of aliphatic carboxylic acids is 1. The smallest absolute Gasteiger partial charge is 0.328 e. The summed E-state index contributed by atoms with van der Waals surface area (Å²) in [5.74, 6) is -1.79. The number of sulfonamides is 1. The number of ether oxygens (including phenoxy) is 1. The molecule has 0 radical (unpaired) electrons. The van der Waals surface area contributed by atoms with Crippen LogP contribution in [0, 0.1) is 0 Å². The lowest BCUT2D eigenvalue weighted by Crippen LogP contribution is -2.52. The molecule has 1 amide bonds. The zero-order valence-electron chi connectivity index (χ0n) is 11.2. The predicted molar refractivity (Wildman–Crippen MR) is 78.8 cm³/mol. The van der Waals surface area contributed by atoms with Gasteiger partial charge in [0.2, 0.25) is 10.0 Å². The largest absolute Gasteiger partial charge is 0.480 e. The summed E-state index contributed by atoms with van der Waals surface area (Å²) in [6.07, 6.45) is 0. The topological polar surface area (TPSA) is 127 Å². The average molecular weight is 393 g/mol. The monoisotopic (exact) mass is 392 g/mol. The van der Waals surface area contributed by atoms with Crippen LogP contribution in [0.25, 0.3) is 0 Å². The van der Waals surface area contributed by atoms with Gasteiger partial charge in [-0.15, -0.1) is 0 Å². The Kier molecular flexibility index (Phi) is 4.85. The number of halogens is 1. The molecule has 1 saturated heterocycles. The molecule has 0 aromatic heterocycles. The molecule has 8 nitrogen and oxygen atoms in total. The number of hydrogen-bond donors (Lipinski definition) is 2. The molecule has 0 spiro atoms. The zero-order chi connectivity index (χ0) is 16.5. The van der Waals surface area contributed by atoms with Crippen LogP contribution in [-0.2, 0) is 19.6 Å². The van der Waals surface area contributed by atoms with Crippen LogP contribution < -0.4 is 5.14 Å². The molecule has 22 heavy (non-hydrogen) atoms. The van der Waals surface area contributed by atoms with E-state index in [0.29, 0.717) is 4.47 Å². The zero-order valence-corrected chi connectivity index (χ0v) is 13.6. The van der Waals surface area contributed by atoms with E-state index in [1.807, 2.05) is 0 Å². The summed E-state index contributed by atoms with van der Waals surface area (Å²) in [6, 6.07) is 2.63. The molecule has 10 heteroatoms. The number of carbonyl (C=O) groups excluding carboxylic acids is 1. The van der Waals surface area contributed by atoms with Gasteiger partial charge in [-0.05, 0) is 34.1 Å². The Hall–Kier alpha value is -1.49. The highest BCUT2D eigenvalue weighted by Gasteiger charge is 2.34. The molecule has 0 aliphatic carbocycles. The maximum absolute atomic E-state index is 12.6. The molecule has 0 unspecified atom stereocenters. The van der Waals surface area contributed by atoms with Crippen LogP contribution in [-0.4, -0.2) is 56.1 Å². The van der Waals surface area contributed by atoms with Gasteiger partial charge >= 0.3 is 5.97 Å². The van der Waals surface area contributed by atoms with Crippen molar-refractivity contribution in [2.24, 2.45) is 5.14 Å². The Balaban J connectivity index is 2.42. The van der Waals surface area contributed by atoms with Crippen LogP contribution in [0.3, 0.4) is 0 Å². The van der Waals surface area contributed by atoms with Crippen LogP contribution in [0.1, 0.15) is 10.4 Å². The minimum Gasteiger partial charge on any atom is -0.480 e. The molecule has 1 atom stereocenters. The summed E-state index contributed by atoms with van der Waals surface area (Å²) < 4.78 is 28.2. The number of morpholine rings is 1. The Bertz CT molecular complexity index is 720. The molecule has 1 aliphatic heterocycles. The number of nitrogens with zero attached hydrogens (tertiary/aromatic N) is 1. The molecule has 120 valence electrons. The minimum atomic E-state index is -3.97. The predicted octanol–water partition coefficient (Wildman–Crippen LogP) is 0.0221. The molecule has 1 heterocycles. The Morgan fingerprint density at radius 1 is 1.41 bits per heavy atom. The number of primary sulfonamides is 1. The molecule has 1 aromatic carbocycles. The van der Waals surface area contributed by atoms with E-state index in [1.54, 1.807) is 0 Å². The molecule has 3 N–H and O–H groups in total. The molecule has 0 saturated carbocycles. The standard InChI is InChI=1S/C12H13BrN2O6S/c13-9-2-1-7(22(14,19)20)5-8(9)11(16)15-3-4-21-6-10(15)12(17)18/h1-2,5,10H,3-4,6H2,(H,17,18)(H2,14,19,20)/t10-/m1/s1. The summed E-state index contributed by atoms with van der Waals surface area (Å²) in [6.45, 7) is 0.192. The summed E-state index contributed by atoms with van der Waals surface area (Å²) in [5, 5.41) is 14.2. The van der Waals surface area contributed by atoms with Crippen molar-refractivity contribution in [3.05, 3.63) is 28.2 Å². The van der Waals surface area contributed by atoms with E-state index in [1.165, 1.54) is 12.1 Å². The number of nitrogens with two attached hydrogens (primary N) is 1. The van der Waals surface area contributed by atoms with E-state index >= 15 is 0 Å². The van der Waals surface area contributed by atoms with E-state index in [2.05, 4.69) is 15.9 Å². The lowest BCUT2D eigenvalue weighted by Gasteiger charge is -2.33. The lowest BCUT2D eigenvalue weighted by molar-refractivity contribution is -0.147. The van der Waals surface area contributed by atoms with Crippen molar-refractivity contribution in [3.8, 4) is 0 Å². The maximum atomic E-state index is 12.6. The fraction of sp³-hybridized carbons (Fsp3) is 0.333. The van der Waals surface area contributed by atoms with Crippen molar-refractivity contribution in [1.82, 2.24) is 4.90 Å². The number of carboxylic acids is 1. The third-order valence-corrected chi connectivity index (χ3v) is 4.77. The number of carbonyl (C=O) groups is 2. The second-order valence-electron chi connectivity index (χ2n) is 4.61. The number of amides is 1. The van der Waals surface area contributed by atoms with E-state index in [-0.39, 0.29) is 30.2 Å². The van der Waals surface area contributed by atoms with Crippen molar-refractivity contribution in [2.45, 2.75) is 10.9 Å². The first kappa shape index (κ1) is 16.9. The highest BCUT2D eigenvalue weighted by atomic mass is 79.9. The number of rotatable bonds is 3. The molecular formula is C12H13BrN2O6S. The number of carboxylic acid groups (broad SMARTS) is 1. The Labute approximate surface area is 135 Å². The van der Waals surface area contributed by atoms with Crippen molar-refractivity contribution in [2.75, 3.05) is 19.8 Å². The van der Waals surface area contributed by atoms with Gasteiger partial charge in [-0.2, -0.15) is 0 Å². The third-order valence-electron chi connectivity index (χ3n) is 3.17. The molecule has 1 fully saturated rings. The maximum Gasteiger partial charge on any atom is 0.328 e. The summed E-state index contributed by atoms with van der Waals surface area (Å²) in [5.41, 5.74) is 0.0275. The van der Waals surface area contributed by atoms with Gasteiger partial charge in [0, 0.05) is 11.0 Å². The van der Waals surface area contributed by atoms with E-state index in [0.717, 1.165) is 11.0 Å². The van der Waals surface area contributed by atoms with Crippen LogP contribution in [0.2, 0.25) is 0 Å². The lowest BCUT2D eigenvalue weighted by atomic mass is 10.1. The summed E-state index contributed by atoms with van der Waals surface area (Å²) in [4.78, 5) is 24.7. The van der Waals surface area contributed by atoms with Gasteiger partial charge in [0.15, 0.2) is 6.04 Å². The average Bonchev–Trinajstić information content (AvgIpc) is 2.45. The third kappa shape index (κ3) is 3.46. The van der Waals surface area contributed by atoms with Crippen LogP contribution >= 0.6 is 15.9 Å². The molecule has 0 bridgehead atoms. The number of benzene rings is 1. The van der Waals surface area contributed by atoms with Gasteiger partial charge in [-0.3, -0.25) is 4.79 Å². The van der Waals surface area contributed by atoms with Gasteiger partial charge in [-0.25, -0.2) is 18.4 Å². The Morgan fingerprint density at radius 2 is 2.09 bits per heavy atom. The molecule has 2 rings (SSSR count). The van der Waals surface area contributed by atoms with Crippen molar-refractivity contribution >= 4 is 37.8 Å². The first-order valence-corrected chi connectivity index (χ1v) is 8.49. The highest BCUT2D eigenvalue weighted by Crippen LogP contribution is 2.23. The highest BCUT2D eigenvalue weighted by molar-refractivity contribution is 9.10. The second kappa shape index (κ2) is 6.32.